The molecule has 166 valence electrons. The van der Waals surface area contributed by atoms with Gasteiger partial charge in [-0.15, -0.1) is 0 Å². The molecule has 5 rings (SSSR count). The van der Waals surface area contributed by atoms with Crippen LogP contribution in [0.1, 0.15) is 31.5 Å². The smallest absolute Gasteiger partial charge is 0.168 e. The zero-order valence-corrected chi connectivity index (χ0v) is 19.2. The van der Waals surface area contributed by atoms with Gasteiger partial charge in [0.15, 0.2) is 11.6 Å². The third-order valence-electron chi connectivity index (χ3n) is 5.89. The molecule has 2 aliphatic rings. The first-order valence-corrected chi connectivity index (χ1v) is 10.9. The van der Waals surface area contributed by atoms with Crippen molar-refractivity contribution in [2.75, 3.05) is 7.11 Å². The van der Waals surface area contributed by atoms with Gasteiger partial charge >= 0.3 is 0 Å². The maximum Gasteiger partial charge on any atom is 0.168 e. The number of carbonyl (C=O) groups excluding carboxylic acids is 1. The van der Waals surface area contributed by atoms with Crippen LogP contribution in [0.25, 0.3) is 16.9 Å². The lowest BCUT2D eigenvalue weighted by molar-refractivity contribution is -0.115. The lowest BCUT2D eigenvalue weighted by atomic mass is 9.99. The molecule has 0 saturated heterocycles. The molecule has 4 heterocycles. The molecule has 3 aromatic rings. The van der Waals surface area contributed by atoms with Crippen molar-refractivity contribution in [3.63, 3.8) is 0 Å². The Morgan fingerprint density at radius 1 is 1.09 bits per heavy atom. The fourth-order valence-electron chi connectivity index (χ4n) is 4.27. The summed E-state index contributed by atoms with van der Waals surface area (Å²) in [6.45, 7) is 5.94. The number of methoxy groups -OCH3 is 1. The van der Waals surface area contributed by atoms with Gasteiger partial charge < -0.3 is 9.14 Å². The van der Waals surface area contributed by atoms with E-state index in [1.165, 1.54) is 0 Å². The molecular weight excluding hydrogens is 414 g/mol. The summed E-state index contributed by atoms with van der Waals surface area (Å²) in [4.78, 5) is 23.2. The normalized spacial score (nSPS) is 15.5. The van der Waals surface area contributed by atoms with E-state index in [4.69, 9.17) is 9.72 Å². The summed E-state index contributed by atoms with van der Waals surface area (Å²) in [5, 5.41) is 6.18. The van der Waals surface area contributed by atoms with E-state index in [-0.39, 0.29) is 12.2 Å². The van der Waals surface area contributed by atoms with Crippen LogP contribution in [0, 0.1) is 6.92 Å². The van der Waals surface area contributed by atoms with Crippen LogP contribution in [-0.2, 0) is 11.2 Å². The first-order chi connectivity index (χ1) is 15.9. The first kappa shape index (κ1) is 20.9. The molecule has 0 N–H and O–H groups in total. The molecule has 7 heteroatoms. The minimum atomic E-state index is 0.0190. The number of aryl methyl sites for hydroxylation is 1. The second-order valence-electron chi connectivity index (χ2n) is 8.33. The van der Waals surface area contributed by atoms with Crippen molar-refractivity contribution < 1.29 is 9.53 Å². The zero-order chi connectivity index (χ0) is 23.1. The zero-order valence-electron chi connectivity index (χ0n) is 19.2. The average Bonchev–Trinajstić information content (AvgIpc) is 3.16. The van der Waals surface area contributed by atoms with Gasteiger partial charge in [0.05, 0.1) is 24.9 Å². The minimum Gasteiger partial charge on any atom is -0.497 e. The van der Waals surface area contributed by atoms with E-state index >= 15 is 0 Å². The lowest BCUT2D eigenvalue weighted by Crippen LogP contribution is -2.26. The molecule has 0 amide bonds. The van der Waals surface area contributed by atoms with E-state index < -0.39 is 0 Å². The third kappa shape index (κ3) is 3.75. The second kappa shape index (κ2) is 8.16. The molecular formula is C26H25N5O2. The van der Waals surface area contributed by atoms with Crippen molar-refractivity contribution in [1.29, 1.82) is 0 Å². The van der Waals surface area contributed by atoms with Crippen molar-refractivity contribution >= 4 is 23.4 Å². The molecule has 0 atom stereocenters. The Bertz CT molecular complexity index is 1390. The van der Waals surface area contributed by atoms with Crippen LogP contribution >= 0.6 is 0 Å². The van der Waals surface area contributed by atoms with E-state index in [2.05, 4.69) is 10.1 Å². The molecule has 2 aromatic heterocycles. The maximum atomic E-state index is 13.7. The van der Waals surface area contributed by atoms with Crippen molar-refractivity contribution in [2.45, 2.75) is 33.6 Å². The molecule has 33 heavy (non-hydrogen) atoms. The Kier molecular flexibility index (Phi) is 5.17. The van der Waals surface area contributed by atoms with Gasteiger partial charge in [-0.2, -0.15) is 5.10 Å². The largest absolute Gasteiger partial charge is 0.497 e. The van der Waals surface area contributed by atoms with E-state index in [9.17, 15) is 4.79 Å². The molecule has 0 fully saturated rings. The van der Waals surface area contributed by atoms with Crippen LogP contribution in [-0.4, -0.2) is 39.2 Å². The van der Waals surface area contributed by atoms with Gasteiger partial charge in [0, 0.05) is 41.4 Å². The standard InChI is InChI=1S/C26H25N5O2/c1-16-5-10-24-29-25(19-6-8-20(33-4)9-7-19)22(30(24)15-16)14-23(32)21-11-12-27-31-18(3)13-17(2)28-26(21)31/h5-10,12-13,15H,11,14H2,1-4H3. The number of fused-ring (bicyclic) bond motifs is 2. The number of hydrogen-bond acceptors (Lipinski definition) is 6. The van der Waals surface area contributed by atoms with Gasteiger partial charge in [-0.05, 0) is 62.7 Å². The van der Waals surface area contributed by atoms with E-state index in [1.807, 2.05) is 73.8 Å². The number of allylic oxidation sites excluding steroid dienone is 3. The van der Waals surface area contributed by atoms with E-state index in [1.54, 1.807) is 18.3 Å². The maximum absolute atomic E-state index is 13.7. The monoisotopic (exact) mass is 439 g/mol. The lowest BCUT2D eigenvalue weighted by Gasteiger charge is -2.28. The van der Waals surface area contributed by atoms with Gasteiger partial charge in [-0.25, -0.2) is 15.0 Å². The average molecular weight is 440 g/mol. The van der Waals surface area contributed by atoms with Gasteiger partial charge in [0.25, 0.3) is 0 Å². The molecule has 0 aliphatic carbocycles. The predicted molar refractivity (Wildman–Crippen MR) is 129 cm³/mol. The van der Waals surface area contributed by atoms with Crippen LogP contribution in [0.2, 0.25) is 0 Å². The number of hydrogen-bond donors (Lipinski definition) is 0. The number of rotatable bonds is 5. The minimum absolute atomic E-state index is 0.0190. The summed E-state index contributed by atoms with van der Waals surface area (Å²) in [6.07, 6.45) is 6.43. The number of carbonyl (C=O) groups is 1. The number of benzene rings is 1. The summed E-state index contributed by atoms with van der Waals surface area (Å²) in [7, 11) is 1.64. The second-order valence-corrected chi connectivity index (χ2v) is 8.33. The topological polar surface area (TPSA) is 71.6 Å². The van der Waals surface area contributed by atoms with Crippen molar-refractivity contribution in [3.05, 3.63) is 77.0 Å². The van der Waals surface area contributed by atoms with Gasteiger partial charge in [-0.1, -0.05) is 6.07 Å². The number of aliphatic imine (C=N–C) groups is 1. The van der Waals surface area contributed by atoms with E-state index in [0.717, 1.165) is 45.3 Å². The van der Waals surface area contributed by atoms with Crippen LogP contribution in [0.3, 0.4) is 0 Å². The first-order valence-electron chi connectivity index (χ1n) is 10.9. The Labute approximate surface area is 192 Å². The van der Waals surface area contributed by atoms with E-state index in [0.29, 0.717) is 17.8 Å². The van der Waals surface area contributed by atoms with Crippen LogP contribution in [0.15, 0.2) is 75.9 Å². The highest BCUT2D eigenvalue weighted by atomic mass is 16.5. The van der Waals surface area contributed by atoms with Crippen molar-refractivity contribution in [2.24, 2.45) is 10.1 Å². The number of ether oxygens (including phenoxy) is 1. The molecule has 0 bridgehead atoms. The molecule has 2 aliphatic heterocycles. The number of Topliss-reactive ketones (excluding diaryl/α,β-unsaturated/α-hetero) is 1. The molecule has 7 nitrogen and oxygen atoms in total. The van der Waals surface area contributed by atoms with Crippen molar-refractivity contribution in [3.8, 4) is 17.0 Å². The summed E-state index contributed by atoms with van der Waals surface area (Å²) in [5.41, 5.74) is 6.98. The Morgan fingerprint density at radius 2 is 1.88 bits per heavy atom. The Hall–Kier alpha value is -4.00. The summed E-state index contributed by atoms with van der Waals surface area (Å²) >= 11 is 0. The molecule has 1 aromatic carbocycles. The highest BCUT2D eigenvalue weighted by molar-refractivity contribution is 6.02. The predicted octanol–water partition coefficient (Wildman–Crippen LogP) is 4.71. The fourth-order valence-corrected chi connectivity index (χ4v) is 4.27. The number of ketones is 1. The Balaban J connectivity index is 1.59. The summed E-state index contributed by atoms with van der Waals surface area (Å²) < 4.78 is 7.32. The highest BCUT2D eigenvalue weighted by Gasteiger charge is 2.27. The number of imidazole rings is 1. The molecule has 0 unspecified atom stereocenters. The number of nitrogens with zero attached hydrogens (tertiary/aromatic N) is 5. The number of pyridine rings is 1. The fraction of sp³-hybridized carbons (Fsp3) is 0.231. The Morgan fingerprint density at radius 3 is 2.64 bits per heavy atom. The van der Waals surface area contributed by atoms with Crippen molar-refractivity contribution in [1.82, 2.24) is 14.4 Å². The van der Waals surface area contributed by atoms with Gasteiger partial charge in [-0.3, -0.25) is 4.79 Å². The van der Waals surface area contributed by atoms with Gasteiger partial charge in [0.2, 0.25) is 0 Å². The molecule has 0 spiro atoms. The third-order valence-corrected chi connectivity index (χ3v) is 5.89. The molecule has 0 radical (unpaired) electrons. The highest BCUT2D eigenvalue weighted by Crippen LogP contribution is 2.31. The van der Waals surface area contributed by atoms with Crippen LogP contribution in [0.4, 0.5) is 0 Å². The quantitative estimate of drug-likeness (QED) is 0.577. The summed E-state index contributed by atoms with van der Waals surface area (Å²) in [6, 6.07) is 11.8. The SMILES string of the molecule is COc1ccc(-c2nc3ccc(C)cn3c2CC(=O)C2=C3N=C(C)C=C(C)N3N=CC2)cc1. The van der Waals surface area contributed by atoms with Gasteiger partial charge in [0.1, 0.15) is 11.4 Å². The number of aromatic nitrogens is 2. The summed E-state index contributed by atoms with van der Waals surface area (Å²) in [5.74, 6) is 1.42. The van der Waals surface area contributed by atoms with Crippen LogP contribution < -0.4 is 4.74 Å². The molecule has 0 saturated carbocycles. The van der Waals surface area contributed by atoms with Crippen LogP contribution in [0.5, 0.6) is 5.75 Å². The number of hydrazone groups is 1.